The highest BCUT2D eigenvalue weighted by molar-refractivity contribution is 6.28. The predicted octanol–water partition coefficient (Wildman–Crippen LogP) is 2.89. The molecule has 0 bridgehead atoms. The molecule has 2 heterocycles. The maximum Gasteiger partial charge on any atom is 0.224 e. The van der Waals surface area contributed by atoms with E-state index >= 15 is 0 Å². The summed E-state index contributed by atoms with van der Waals surface area (Å²) in [5.41, 5.74) is 7.47. The van der Waals surface area contributed by atoms with Crippen LogP contribution in [0, 0.1) is 18.8 Å². The summed E-state index contributed by atoms with van der Waals surface area (Å²) in [6.45, 7) is 8.45. The van der Waals surface area contributed by atoms with Gasteiger partial charge < -0.3 is 10.6 Å². The van der Waals surface area contributed by atoms with Crippen LogP contribution >= 0.6 is 11.6 Å². The third-order valence-electron chi connectivity index (χ3n) is 3.87. The fraction of sp³-hybridized carbons (Fsp3) is 0.692. The van der Waals surface area contributed by atoms with Crippen molar-refractivity contribution in [2.24, 2.45) is 11.8 Å². The van der Waals surface area contributed by atoms with Gasteiger partial charge in [-0.25, -0.2) is 4.98 Å². The van der Waals surface area contributed by atoms with Gasteiger partial charge in [0.15, 0.2) is 5.82 Å². The zero-order valence-corrected chi connectivity index (χ0v) is 12.0. The van der Waals surface area contributed by atoms with E-state index in [9.17, 15) is 0 Å². The molecular formula is C13H21ClN4. The van der Waals surface area contributed by atoms with E-state index in [1.165, 1.54) is 12.8 Å². The Hall–Kier alpha value is -1.03. The van der Waals surface area contributed by atoms with Crippen LogP contribution in [0.2, 0.25) is 5.28 Å². The SMILES string of the molecule is Cc1nc(Cl)nc(N2CCC(C(C)C)CC2)c1N. The van der Waals surface area contributed by atoms with Crippen molar-refractivity contribution in [3.05, 3.63) is 11.0 Å². The molecule has 0 radical (unpaired) electrons. The first-order valence-corrected chi connectivity index (χ1v) is 6.91. The lowest BCUT2D eigenvalue weighted by molar-refractivity contribution is 0.311. The van der Waals surface area contributed by atoms with E-state index in [0.29, 0.717) is 5.69 Å². The van der Waals surface area contributed by atoms with Gasteiger partial charge in [-0.2, -0.15) is 4.98 Å². The van der Waals surface area contributed by atoms with Crippen LogP contribution in [0.4, 0.5) is 11.5 Å². The lowest BCUT2D eigenvalue weighted by Gasteiger charge is -2.35. The third-order valence-corrected chi connectivity index (χ3v) is 4.04. The van der Waals surface area contributed by atoms with Crippen molar-refractivity contribution in [1.82, 2.24) is 9.97 Å². The number of anilines is 2. The van der Waals surface area contributed by atoms with E-state index in [0.717, 1.165) is 36.4 Å². The largest absolute Gasteiger partial charge is 0.394 e. The minimum atomic E-state index is 0.280. The van der Waals surface area contributed by atoms with Crippen molar-refractivity contribution in [3.8, 4) is 0 Å². The molecule has 0 aliphatic carbocycles. The van der Waals surface area contributed by atoms with Gasteiger partial charge in [0.05, 0.1) is 11.4 Å². The normalized spacial score (nSPS) is 17.5. The maximum absolute atomic E-state index is 6.05. The lowest BCUT2D eigenvalue weighted by Crippen LogP contribution is -2.36. The smallest absolute Gasteiger partial charge is 0.224 e. The number of halogens is 1. The van der Waals surface area contributed by atoms with Crippen LogP contribution in [-0.4, -0.2) is 23.1 Å². The number of nitrogens with zero attached hydrogens (tertiary/aromatic N) is 3. The molecule has 0 atom stereocenters. The number of nitrogens with two attached hydrogens (primary N) is 1. The molecule has 0 aromatic carbocycles. The lowest BCUT2D eigenvalue weighted by atomic mass is 9.87. The molecule has 1 aromatic heterocycles. The highest BCUT2D eigenvalue weighted by atomic mass is 35.5. The Balaban J connectivity index is 2.15. The number of hydrogen-bond donors (Lipinski definition) is 1. The van der Waals surface area contributed by atoms with Crippen molar-refractivity contribution in [2.75, 3.05) is 23.7 Å². The summed E-state index contributed by atoms with van der Waals surface area (Å²) >= 11 is 5.92. The summed E-state index contributed by atoms with van der Waals surface area (Å²) < 4.78 is 0. The average Bonchev–Trinajstić information content (AvgIpc) is 2.34. The molecule has 4 nitrogen and oxygen atoms in total. The van der Waals surface area contributed by atoms with Gasteiger partial charge in [-0.15, -0.1) is 0 Å². The van der Waals surface area contributed by atoms with Crippen LogP contribution in [0.25, 0.3) is 0 Å². The monoisotopic (exact) mass is 268 g/mol. The number of nitrogen functional groups attached to an aromatic ring is 1. The molecule has 1 saturated heterocycles. The Labute approximate surface area is 114 Å². The summed E-state index contributed by atoms with van der Waals surface area (Å²) in [7, 11) is 0. The second-order valence-corrected chi connectivity index (χ2v) is 5.72. The minimum Gasteiger partial charge on any atom is -0.394 e. The van der Waals surface area contributed by atoms with Crippen LogP contribution in [0.3, 0.4) is 0 Å². The molecule has 100 valence electrons. The molecule has 0 unspecified atom stereocenters. The minimum absolute atomic E-state index is 0.280. The number of aryl methyl sites for hydroxylation is 1. The van der Waals surface area contributed by atoms with Crippen molar-refractivity contribution in [1.29, 1.82) is 0 Å². The standard InChI is InChI=1S/C13H21ClN4/c1-8(2)10-4-6-18(7-5-10)12-11(15)9(3)16-13(14)17-12/h8,10H,4-7,15H2,1-3H3. The van der Waals surface area contributed by atoms with E-state index in [1.54, 1.807) is 0 Å². The van der Waals surface area contributed by atoms with Gasteiger partial charge >= 0.3 is 0 Å². The van der Waals surface area contributed by atoms with E-state index < -0.39 is 0 Å². The summed E-state index contributed by atoms with van der Waals surface area (Å²) in [5, 5.41) is 0.280. The molecule has 5 heteroatoms. The fourth-order valence-corrected chi connectivity index (χ4v) is 2.76. The molecule has 1 fully saturated rings. The molecular weight excluding hydrogens is 248 g/mol. The van der Waals surface area contributed by atoms with Crippen LogP contribution in [0.1, 0.15) is 32.4 Å². The first-order valence-electron chi connectivity index (χ1n) is 6.53. The highest BCUT2D eigenvalue weighted by Crippen LogP contribution is 2.31. The highest BCUT2D eigenvalue weighted by Gasteiger charge is 2.24. The summed E-state index contributed by atoms with van der Waals surface area (Å²) in [4.78, 5) is 10.6. The summed E-state index contributed by atoms with van der Waals surface area (Å²) in [6, 6.07) is 0. The first-order chi connectivity index (χ1) is 8.49. The van der Waals surface area contributed by atoms with Gasteiger partial charge in [0, 0.05) is 13.1 Å². The Kier molecular flexibility index (Phi) is 3.95. The van der Waals surface area contributed by atoms with E-state index in [2.05, 4.69) is 28.7 Å². The third kappa shape index (κ3) is 2.69. The number of aromatic nitrogens is 2. The number of rotatable bonds is 2. The summed E-state index contributed by atoms with van der Waals surface area (Å²) in [6.07, 6.45) is 2.38. The van der Waals surface area contributed by atoms with E-state index in [1.807, 2.05) is 6.92 Å². The molecule has 18 heavy (non-hydrogen) atoms. The van der Waals surface area contributed by atoms with Crippen LogP contribution in [0.15, 0.2) is 0 Å². The zero-order chi connectivity index (χ0) is 13.3. The van der Waals surface area contributed by atoms with Crippen molar-refractivity contribution >= 4 is 23.1 Å². The van der Waals surface area contributed by atoms with Crippen LogP contribution in [0.5, 0.6) is 0 Å². The van der Waals surface area contributed by atoms with Crippen molar-refractivity contribution in [2.45, 2.75) is 33.6 Å². The Morgan fingerprint density at radius 1 is 1.28 bits per heavy atom. The fourth-order valence-electron chi connectivity index (χ4n) is 2.55. The van der Waals surface area contributed by atoms with Gasteiger partial charge in [-0.05, 0) is 43.2 Å². The molecule has 2 N–H and O–H groups in total. The first kappa shape index (κ1) is 13.4. The van der Waals surface area contributed by atoms with E-state index in [4.69, 9.17) is 17.3 Å². The second kappa shape index (κ2) is 5.31. The van der Waals surface area contributed by atoms with Gasteiger partial charge in [0.25, 0.3) is 0 Å². The van der Waals surface area contributed by atoms with Crippen molar-refractivity contribution < 1.29 is 0 Å². The average molecular weight is 269 g/mol. The number of hydrogen-bond acceptors (Lipinski definition) is 4. The molecule has 0 spiro atoms. The van der Waals surface area contributed by atoms with E-state index in [-0.39, 0.29) is 5.28 Å². The maximum atomic E-state index is 6.05. The van der Waals surface area contributed by atoms with Gasteiger partial charge in [-0.1, -0.05) is 13.8 Å². The van der Waals surface area contributed by atoms with Crippen molar-refractivity contribution in [3.63, 3.8) is 0 Å². The van der Waals surface area contributed by atoms with Crippen LogP contribution < -0.4 is 10.6 Å². The quantitative estimate of drug-likeness (QED) is 0.838. The second-order valence-electron chi connectivity index (χ2n) is 5.38. The number of piperidine rings is 1. The zero-order valence-electron chi connectivity index (χ0n) is 11.3. The molecule has 1 aromatic rings. The molecule has 0 saturated carbocycles. The Morgan fingerprint density at radius 2 is 1.89 bits per heavy atom. The Morgan fingerprint density at radius 3 is 2.44 bits per heavy atom. The molecule has 1 aliphatic rings. The Bertz CT molecular complexity index is 425. The van der Waals surface area contributed by atoms with Crippen LogP contribution in [-0.2, 0) is 0 Å². The molecule has 1 aliphatic heterocycles. The molecule has 0 amide bonds. The van der Waals surface area contributed by atoms with Gasteiger partial charge in [-0.3, -0.25) is 0 Å². The topological polar surface area (TPSA) is 55.0 Å². The predicted molar refractivity (Wildman–Crippen MR) is 76.0 cm³/mol. The molecule has 2 rings (SSSR count). The van der Waals surface area contributed by atoms with Gasteiger partial charge in [0.2, 0.25) is 5.28 Å². The van der Waals surface area contributed by atoms with Gasteiger partial charge in [0.1, 0.15) is 0 Å². The summed E-state index contributed by atoms with van der Waals surface area (Å²) in [5.74, 6) is 2.36.